The summed E-state index contributed by atoms with van der Waals surface area (Å²) in [6.45, 7) is 0. The molecule has 0 saturated heterocycles. The molecule has 1 aliphatic carbocycles. The zero-order chi connectivity index (χ0) is 20.2. The van der Waals surface area contributed by atoms with Crippen molar-refractivity contribution in [2.75, 3.05) is 0 Å². The van der Waals surface area contributed by atoms with E-state index in [0.29, 0.717) is 5.92 Å². The van der Waals surface area contributed by atoms with Gasteiger partial charge >= 0.3 is 0 Å². The number of hydrogen-bond donors (Lipinski definition) is 0. The molecule has 0 N–H and O–H groups in total. The second-order valence-electron chi connectivity index (χ2n) is 6.88. The zero-order valence-corrected chi connectivity index (χ0v) is 19.5. The number of benzene rings is 3. The molecule has 3 radical (unpaired) electrons. The quantitative estimate of drug-likeness (QED) is 0.331. The minimum Gasteiger partial charge on any atom is -0.0773 e. The van der Waals surface area contributed by atoms with Crippen LogP contribution in [0.25, 0.3) is 12.2 Å². The van der Waals surface area contributed by atoms with Crippen molar-refractivity contribution in [3.8, 4) is 0 Å². The maximum absolute atomic E-state index is 3.52. The number of rotatable bonds is 5. The zero-order valence-electron chi connectivity index (χ0n) is 17.0. The van der Waals surface area contributed by atoms with Crippen molar-refractivity contribution in [2.24, 2.45) is 5.92 Å². The molecule has 0 unspecified atom stereocenters. The molecule has 0 bridgehead atoms. The molecule has 0 fully saturated rings. The Morgan fingerprint density at radius 3 is 1.70 bits per heavy atom. The third-order valence-corrected chi connectivity index (χ3v) is 4.82. The standard InChI is InChI=1S/C16H14.C12H11Si.Ti/c1-3-9-15(10-4-1)13-7-8-14-16-11-5-2-6-12-16;13-12-7-3-6-11(9-12)8-10-4-1-2-5-10;/h1-14H;1-7,9-10H,8H2;. The van der Waals surface area contributed by atoms with E-state index in [4.69, 9.17) is 0 Å². The minimum absolute atomic E-state index is 0. The predicted molar refractivity (Wildman–Crippen MR) is 128 cm³/mol. The van der Waals surface area contributed by atoms with Crippen LogP contribution in [0.1, 0.15) is 16.7 Å². The Morgan fingerprint density at radius 2 is 1.20 bits per heavy atom. The topological polar surface area (TPSA) is 0 Å². The van der Waals surface area contributed by atoms with Crippen LogP contribution >= 0.6 is 0 Å². The molecule has 0 amide bonds. The normalized spacial score (nSPS) is 12.7. The van der Waals surface area contributed by atoms with E-state index in [9.17, 15) is 0 Å². The van der Waals surface area contributed by atoms with Crippen LogP contribution in [0.15, 0.2) is 121 Å². The first-order valence-electron chi connectivity index (χ1n) is 9.90. The van der Waals surface area contributed by atoms with Crippen molar-refractivity contribution in [2.45, 2.75) is 6.42 Å². The van der Waals surface area contributed by atoms with Gasteiger partial charge in [-0.15, -0.1) is 0 Å². The van der Waals surface area contributed by atoms with Crippen LogP contribution in [0.5, 0.6) is 0 Å². The minimum atomic E-state index is 0. The molecule has 30 heavy (non-hydrogen) atoms. The molecule has 0 aromatic heterocycles. The second kappa shape index (κ2) is 13.7. The Bertz CT molecular complexity index is 926. The van der Waals surface area contributed by atoms with Crippen molar-refractivity contribution < 1.29 is 21.7 Å². The molecule has 0 saturated carbocycles. The van der Waals surface area contributed by atoms with Crippen LogP contribution in [0.2, 0.25) is 0 Å². The van der Waals surface area contributed by atoms with Gasteiger partial charge in [0.25, 0.3) is 0 Å². The summed E-state index contributed by atoms with van der Waals surface area (Å²) in [5.74, 6) is 0.591. The van der Waals surface area contributed by atoms with Gasteiger partial charge in [-0.2, -0.15) is 0 Å². The van der Waals surface area contributed by atoms with E-state index in [2.05, 4.69) is 107 Å². The van der Waals surface area contributed by atoms with Gasteiger partial charge in [-0.3, -0.25) is 0 Å². The Hall–Kier alpha value is -2.45. The van der Waals surface area contributed by atoms with E-state index in [1.54, 1.807) is 0 Å². The largest absolute Gasteiger partial charge is 0.0773 e. The Kier molecular flexibility index (Phi) is 10.9. The third kappa shape index (κ3) is 8.92. The van der Waals surface area contributed by atoms with E-state index < -0.39 is 0 Å². The molecule has 0 nitrogen and oxygen atoms in total. The Labute approximate surface area is 199 Å². The molecule has 145 valence electrons. The summed E-state index contributed by atoms with van der Waals surface area (Å²) in [6, 6.07) is 29.1. The average molecular weight is 437 g/mol. The van der Waals surface area contributed by atoms with Gasteiger partial charge in [-0.05, 0) is 29.0 Å². The Morgan fingerprint density at radius 1 is 0.667 bits per heavy atom. The van der Waals surface area contributed by atoms with Gasteiger partial charge in [0.2, 0.25) is 0 Å². The molecular weight excluding hydrogens is 412 g/mol. The first kappa shape index (κ1) is 23.8. The molecule has 0 heterocycles. The molecular formula is C28H25SiTi. The number of hydrogen-bond acceptors (Lipinski definition) is 0. The molecule has 3 aromatic carbocycles. The van der Waals surface area contributed by atoms with Crippen molar-refractivity contribution in [3.05, 3.63) is 138 Å². The van der Waals surface area contributed by atoms with Gasteiger partial charge in [0.1, 0.15) is 0 Å². The van der Waals surface area contributed by atoms with Crippen LogP contribution in [0.4, 0.5) is 0 Å². The summed E-state index contributed by atoms with van der Waals surface area (Å²) in [5.41, 5.74) is 3.83. The molecule has 4 rings (SSSR count). The van der Waals surface area contributed by atoms with Gasteiger partial charge in [0.15, 0.2) is 0 Å². The van der Waals surface area contributed by atoms with Gasteiger partial charge < -0.3 is 0 Å². The summed E-state index contributed by atoms with van der Waals surface area (Å²) >= 11 is 0. The monoisotopic (exact) mass is 437 g/mol. The third-order valence-electron chi connectivity index (χ3n) is 4.51. The SMILES string of the molecule is C(C=Cc1ccccc1)=Cc1ccccc1.[Si]c1cccc(CC2C=CC=C2)c1.[Ti]. The summed E-state index contributed by atoms with van der Waals surface area (Å²) in [4.78, 5) is 0. The van der Waals surface area contributed by atoms with Crippen molar-refractivity contribution >= 4 is 27.6 Å². The van der Waals surface area contributed by atoms with Crippen molar-refractivity contribution in [1.29, 1.82) is 0 Å². The smallest absolute Gasteiger partial charge is 0.0711 e. The summed E-state index contributed by atoms with van der Waals surface area (Å²) in [7, 11) is 3.52. The first-order chi connectivity index (χ1) is 14.3. The second-order valence-corrected chi connectivity index (χ2v) is 7.46. The van der Waals surface area contributed by atoms with Crippen molar-refractivity contribution in [3.63, 3.8) is 0 Å². The van der Waals surface area contributed by atoms with E-state index in [1.165, 1.54) is 16.7 Å². The maximum Gasteiger partial charge on any atom is 0.0711 e. The van der Waals surface area contributed by atoms with Gasteiger partial charge in [-0.1, -0.05) is 139 Å². The first-order valence-corrected chi connectivity index (χ1v) is 10.4. The van der Waals surface area contributed by atoms with Crippen LogP contribution in [-0.2, 0) is 28.1 Å². The maximum atomic E-state index is 3.52. The van der Waals surface area contributed by atoms with E-state index >= 15 is 0 Å². The van der Waals surface area contributed by atoms with E-state index in [0.717, 1.165) is 11.6 Å². The average Bonchev–Trinajstić information content (AvgIpc) is 3.26. The molecule has 0 aliphatic heterocycles. The Balaban J connectivity index is 0.000000211. The fraction of sp³-hybridized carbons (Fsp3) is 0.0714. The summed E-state index contributed by atoms with van der Waals surface area (Å²) in [6.07, 6.45) is 18.1. The molecule has 2 heteroatoms. The van der Waals surface area contributed by atoms with Gasteiger partial charge in [0, 0.05) is 21.7 Å². The van der Waals surface area contributed by atoms with Crippen LogP contribution in [-0.4, -0.2) is 10.2 Å². The van der Waals surface area contributed by atoms with Crippen molar-refractivity contribution in [1.82, 2.24) is 0 Å². The fourth-order valence-electron chi connectivity index (χ4n) is 3.05. The van der Waals surface area contributed by atoms with Gasteiger partial charge in [0.05, 0.1) is 10.2 Å². The van der Waals surface area contributed by atoms with Crippen LogP contribution in [0.3, 0.4) is 0 Å². The molecule has 1 aliphatic rings. The van der Waals surface area contributed by atoms with Crippen LogP contribution in [0, 0.1) is 5.92 Å². The number of allylic oxidation sites excluding steroid dienone is 6. The molecule has 3 aromatic rings. The molecule has 0 spiro atoms. The summed E-state index contributed by atoms with van der Waals surface area (Å²) < 4.78 is 0. The van der Waals surface area contributed by atoms with Crippen LogP contribution < -0.4 is 5.19 Å². The van der Waals surface area contributed by atoms with E-state index in [1.807, 2.05) is 36.4 Å². The molecule has 0 atom stereocenters. The van der Waals surface area contributed by atoms with E-state index in [-0.39, 0.29) is 21.7 Å². The van der Waals surface area contributed by atoms with Gasteiger partial charge in [-0.25, -0.2) is 0 Å². The predicted octanol–water partition coefficient (Wildman–Crippen LogP) is 6.18. The fourth-order valence-corrected chi connectivity index (χ4v) is 3.33. The summed E-state index contributed by atoms with van der Waals surface area (Å²) in [5, 5.41) is 1.16.